The second-order valence-corrected chi connectivity index (χ2v) is 7.70. The highest BCUT2D eigenvalue weighted by Gasteiger charge is 2.11. The summed E-state index contributed by atoms with van der Waals surface area (Å²) in [5.74, 6) is 2.78. The van der Waals surface area contributed by atoms with Gasteiger partial charge in [0.25, 0.3) is 0 Å². The monoisotopic (exact) mass is 531 g/mol. The minimum atomic E-state index is -1.05. The molecular formula is C21H30IN3O3S. The van der Waals surface area contributed by atoms with E-state index in [1.165, 1.54) is 0 Å². The number of guanidine groups is 1. The smallest absolute Gasteiger partial charge is 0.193 e. The quantitative estimate of drug-likeness (QED) is 0.305. The van der Waals surface area contributed by atoms with Crippen molar-refractivity contribution in [3.8, 4) is 11.5 Å². The van der Waals surface area contributed by atoms with Crippen molar-refractivity contribution in [3.05, 3.63) is 54.1 Å². The molecule has 0 radical (unpaired) electrons. The van der Waals surface area contributed by atoms with Crippen molar-refractivity contribution in [2.24, 2.45) is 4.99 Å². The van der Waals surface area contributed by atoms with E-state index >= 15 is 0 Å². The Morgan fingerprint density at radius 1 is 1.14 bits per heavy atom. The Hall–Kier alpha value is -1.81. The molecule has 0 aliphatic heterocycles. The zero-order chi connectivity index (χ0) is 20.4. The molecule has 29 heavy (non-hydrogen) atoms. The van der Waals surface area contributed by atoms with Crippen LogP contribution in [0.3, 0.4) is 0 Å². The maximum Gasteiger partial charge on any atom is 0.193 e. The molecule has 0 fully saturated rings. The molecule has 0 spiro atoms. The van der Waals surface area contributed by atoms with Gasteiger partial charge in [-0.15, -0.1) is 24.0 Å². The molecule has 160 valence electrons. The predicted molar refractivity (Wildman–Crippen MR) is 130 cm³/mol. The summed E-state index contributed by atoms with van der Waals surface area (Å²) in [6, 6.07) is 15.3. The maximum absolute atomic E-state index is 12.4. The van der Waals surface area contributed by atoms with Gasteiger partial charge < -0.3 is 19.7 Å². The standard InChI is InChI=1S/C21H29N3O3S.HI/c1-5-22-21(23-13-14-28(25)19-9-7-6-8-10-19)24(2)16-17-11-12-18(26-3)15-20(17)27-4;/h6-12,15H,5,13-14,16H2,1-4H3,(H,22,23);1H. The third-order valence-electron chi connectivity index (χ3n) is 4.14. The number of benzene rings is 2. The molecule has 1 atom stereocenters. The van der Waals surface area contributed by atoms with Crippen LogP contribution < -0.4 is 14.8 Å². The fraction of sp³-hybridized carbons (Fsp3) is 0.381. The molecule has 0 bridgehead atoms. The van der Waals surface area contributed by atoms with Gasteiger partial charge in [-0.2, -0.15) is 0 Å². The molecule has 0 heterocycles. The molecule has 8 heteroatoms. The number of hydrogen-bond acceptors (Lipinski definition) is 4. The zero-order valence-electron chi connectivity index (χ0n) is 17.4. The normalized spacial score (nSPS) is 11.9. The number of halogens is 1. The van der Waals surface area contributed by atoms with E-state index in [4.69, 9.17) is 9.47 Å². The van der Waals surface area contributed by atoms with Crippen LogP contribution in [0.1, 0.15) is 12.5 Å². The van der Waals surface area contributed by atoms with Crippen LogP contribution in [0.4, 0.5) is 0 Å². The van der Waals surface area contributed by atoms with Gasteiger partial charge in [0.15, 0.2) is 5.96 Å². The van der Waals surface area contributed by atoms with Crippen molar-refractivity contribution in [1.82, 2.24) is 10.2 Å². The van der Waals surface area contributed by atoms with Crippen molar-refractivity contribution in [1.29, 1.82) is 0 Å². The summed E-state index contributed by atoms with van der Waals surface area (Å²) in [6.07, 6.45) is 0. The lowest BCUT2D eigenvalue weighted by molar-refractivity contribution is 0.382. The van der Waals surface area contributed by atoms with Crippen LogP contribution >= 0.6 is 24.0 Å². The molecule has 0 saturated heterocycles. The van der Waals surface area contributed by atoms with Gasteiger partial charge in [-0.3, -0.25) is 9.20 Å². The van der Waals surface area contributed by atoms with Crippen LogP contribution in [0.15, 0.2) is 58.4 Å². The van der Waals surface area contributed by atoms with Crippen molar-refractivity contribution < 1.29 is 13.7 Å². The topological polar surface area (TPSA) is 63.2 Å². The average molecular weight is 531 g/mol. The Balaban J connectivity index is 0.00000420. The zero-order valence-corrected chi connectivity index (χ0v) is 20.5. The number of ether oxygens (including phenoxy) is 2. The molecule has 0 aliphatic carbocycles. The first-order valence-corrected chi connectivity index (χ1v) is 10.5. The lowest BCUT2D eigenvalue weighted by Gasteiger charge is -2.23. The fourth-order valence-electron chi connectivity index (χ4n) is 2.71. The van der Waals surface area contributed by atoms with Crippen LogP contribution in [-0.4, -0.2) is 55.2 Å². The van der Waals surface area contributed by atoms with Crippen LogP contribution in [-0.2, 0) is 17.3 Å². The lowest BCUT2D eigenvalue weighted by Crippen LogP contribution is -2.38. The molecule has 0 aromatic heterocycles. The summed E-state index contributed by atoms with van der Waals surface area (Å²) < 4.78 is 23.1. The summed E-state index contributed by atoms with van der Waals surface area (Å²) in [4.78, 5) is 7.50. The van der Waals surface area contributed by atoms with Crippen LogP contribution in [0.5, 0.6) is 11.5 Å². The highest BCUT2D eigenvalue weighted by molar-refractivity contribution is 14.0. The summed E-state index contributed by atoms with van der Waals surface area (Å²) in [7, 11) is 4.20. The number of nitrogens with one attached hydrogen (secondary N) is 1. The SMILES string of the molecule is CCNC(=NCCS(=O)c1ccccc1)N(C)Cc1ccc(OC)cc1OC.I. The highest BCUT2D eigenvalue weighted by Crippen LogP contribution is 2.25. The van der Waals surface area contributed by atoms with Crippen molar-refractivity contribution in [3.63, 3.8) is 0 Å². The fourth-order valence-corrected chi connectivity index (χ4v) is 3.66. The molecule has 0 amide bonds. The summed E-state index contributed by atoms with van der Waals surface area (Å²) in [5.41, 5.74) is 1.03. The molecule has 1 N–H and O–H groups in total. The molecular weight excluding hydrogens is 501 g/mol. The van der Waals surface area contributed by atoms with Crippen molar-refractivity contribution >= 4 is 40.7 Å². The van der Waals surface area contributed by atoms with E-state index in [-0.39, 0.29) is 24.0 Å². The second kappa shape index (κ2) is 13.4. The van der Waals surface area contributed by atoms with Gasteiger partial charge in [-0.05, 0) is 31.2 Å². The van der Waals surface area contributed by atoms with Crippen molar-refractivity contribution in [2.75, 3.05) is 40.1 Å². The number of aliphatic imine (C=N–C) groups is 1. The Morgan fingerprint density at radius 3 is 2.48 bits per heavy atom. The van der Waals surface area contributed by atoms with E-state index in [0.717, 1.165) is 34.5 Å². The lowest BCUT2D eigenvalue weighted by atomic mass is 10.2. The molecule has 2 rings (SSSR count). The first-order chi connectivity index (χ1) is 13.6. The molecule has 2 aromatic carbocycles. The van der Waals surface area contributed by atoms with Crippen molar-refractivity contribution in [2.45, 2.75) is 18.4 Å². The van der Waals surface area contributed by atoms with Gasteiger partial charge in [0, 0.05) is 42.4 Å². The predicted octanol–water partition coefficient (Wildman–Crippen LogP) is 3.53. The van der Waals surface area contributed by atoms with Gasteiger partial charge in [0.1, 0.15) is 11.5 Å². The number of hydrogen-bond donors (Lipinski definition) is 1. The van der Waals surface area contributed by atoms with E-state index < -0.39 is 10.8 Å². The number of methoxy groups -OCH3 is 2. The Bertz CT molecular complexity index is 803. The first-order valence-electron chi connectivity index (χ1n) is 9.22. The van der Waals surface area contributed by atoms with E-state index in [1.54, 1.807) is 14.2 Å². The van der Waals surface area contributed by atoms with Crippen LogP contribution in [0.2, 0.25) is 0 Å². The third-order valence-corrected chi connectivity index (χ3v) is 5.49. The molecule has 0 saturated carbocycles. The average Bonchev–Trinajstić information content (AvgIpc) is 2.73. The minimum absolute atomic E-state index is 0. The van der Waals surface area contributed by atoms with Crippen LogP contribution in [0, 0.1) is 0 Å². The number of rotatable bonds is 9. The van der Waals surface area contributed by atoms with E-state index in [0.29, 0.717) is 18.8 Å². The third kappa shape index (κ3) is 7.85. The van der Waals surface area contributed by atoms with Gasteiger partial charge in [-0.1, -0.05) is 18.2 Å². The van der Waals surface area contributed by atoms with Gasteiger partial charge >= 0.3 is 0 Å². The van der Waals surface area contributed by atoms with E-state index in [9.17, 15) is 4.21 Å². The Kier molecular flexibility index (Phi) is 11.7. The van der Waals surface area contributed by atoms with Gasteiger partial charge in [-0.25, -0.2) is 0 Å². The largest absolute Gasteiger partial charge is 0.497 e. The summed E-state index contributed by atoms with van der Waals surface area (Å²) in [5, 5.41) is 3.29. The molecule has 0 aliphatic rings. The second-order valence-electron chi connectivity index (χ2n) is 6.13. The first kappa shape index (κ1) is 25.2. The van der Waals surface area contributed by atoms with Gasteiger partial charge in [0.2, 0.25) is 0 Å². The summed E-state index contributed by atoms with van der Waals surface area (Å²) in [6.45, 7) is 3.89. The number of nitrogens with zero attached hydrogens (tertiary/aromatic N) is 2. The van der Waals surface area contributed by atoms with E-state index in [2.05, 4.69) is 10.3 Å². The molecule has 1 unspecified atom stereocenters. The van der Waals surface area contributed by atoms with Crippen LogP contribution in [0.25, 0.3) is 0 Å². The Labute approximate surface area is 193 Å². The summed E-state index contributed by atoms with van der Waals surface area (Å²) >= 11 is 0. The highest BCUT2D eigenvalue weighted by atomic mass is 127. The maximum atomic E-state index is 12.4. The van der Waals surface area contributed by atoms with E-state index in [1.807, 2.05) is 67.4 Å². The van der Waals surface area contributed by atoms with Gasteiger partial charge in [0.05, 0.1) is 31.6 Å². The Morgan fingerprint density at radius 2 is 1.86 bits per heavy atom. The molecule has 6 nitrogen and oxygen atoms in total. The minimum Gasteiger partial charge on any atom is -0.497 e. The molecule has 2 aromatic rings.